The van der Waals surface area contributed by atoms with E-state index in [0.717, 1.165) is 5.56 Å². The molecule has 5 nitrogen and oxygen atoms in total. The molecular formula is C15H17NO4S. The number of hydrogen-bond donors (Lipinski definition) is 0. The summed E-state index contributed by atoms with van der Waals surface area (Å²) >= 11 is 0. The van der Waals surface area contributed by atoms with Gasteiger partial charge >= 0.3 is 6.09 Å². The first-order chi connectivity index (χ1) is 9.72. The van der Waals surface area contributed by atoms with E-state index in [2.05, 4.69) is 13.2 Å². The predicted octanol–water partition coefficient (Wildman–Crippen LogP) is 2.98. The molecule has 0 radical (unpaired) electrons. The Bertz CT molecular complexity index is 706. The standard InChI is InChI=1S/C15H17NO4S/c1-5-10-15(4)12(3)16(14(17)20-15)21(18,19)13-8-6-11(2)7-9-13/h5-9H,1,3,10H2,2,4H3. The zero-order valence-corrected chi connectivity index (χ0v) is 12.8. The molecule has 1 amide bonds. The molecule has 0 aromatic heterocycles. The van der Waals surface area contributed by atoms with Crippen LogP contribution < -0.4 is 0 Å². The van der Waals surface area contributed by atoms with E-state index in [0.29, 0.717) is 4.31 Å². The second-order valence-electron chi connectivity index (χ2n) is 5.12. The van der Waals surface area contributed by atoms with Gasteiger partial charge in [-0.15, -0.1) is 6.58 Å². The largest absolute Gasteiger partial charge is 0.435 e. The summed E-state index contributed by atoms with van der Waals surface area (Å²) < 4.78 is 31.0. The van der Waals surface area contributed by atoms with Crippen LogP contribution in [0.1, 0.15) is 18.9 Å². The van der Waals surface area contributed by atoms with Gasteiger partial charge in [-0.3, -0.25) is 0 Å². The van der Waals surface area contributed by atoms with E-state index in [1.807, 2.05) is 6.92 Å². The fourth-order valence-corrected chi connectivity index (χ4v) is 3.52. The van der Waals surface area contributed by atoms with E-state index in [4.69, 9.17) is 4.74 Å². The van der Waals surface area contributed by atoms with Crippen LogP contribution in [0.25, 0.3) is 0 Å². The lowest BCUT2D eigenvalue weighted by Crippen LogP contribution is -2.32. The summed E-state index contributed by atoms with van der Waals surface area (Å²) in [7, 11) is -4.02. The molecule has 0 spiro atoms. The van der Waals surface area contributed by atoms with Crippen molar-refractivity contribution >= 4 is 16.1 Å². The topological polar surface area (TPSA) is 63.7 Å². The third-order valence-electron chi connectivity index (χ3n) is 3.43. The maximum atomic E-state index is 12.6. The normalized spacial score (nSPS) is 22.3. The molecule has 0 N–H and O–H groups in total. The van der Waals surface area contributed by atoms with Crippen molar-refractivity contribution in [1.82, 2.24) is 4.31 Å². The van der Waals surface area contributed by atoms with Crippen molar-refractivity contribution < 1.29 is 17.9 Å². The lowest BCUT2D eigenvalue weighted by atomic mass is 10.00. The number of sulfonamides is 1. The molecule has 1 fully saturated rings. The Hall–Kier alpha value is -2.08. The van der Waals surface area contributed by atoms with Crippen molar-refractivity contribution in [2.45, 2.75) is 30.8 Å². The van der Waals surface area contributed by atoms with Gasteiger partial charge in [0, 0.05) is 6.42 Å². The van der Waals surface area contributed by atoms with Gasteiger partial charge < -0.3 is 4.74 Å². The smallest absolute Gasteiger partial charge is 0.429 e. The second-order valence-corrected chi connectivity index (χ2v) is 6.91. The van der Waals surface area contributed by atoms with Crippen LogP contribution in [0, 0.1) is 6.92 Å². The summed E-state index contributed by atoms with van der Waals surface area (Å²) in [6.45, 7) is 10.8. The summed E-state index contributed by atoms with van der Waals surface area (Å²) in [5, 5.41) is 0. The molecule has 6 heteroatoms. The molecule has 0 saturated carbocycles. The first kappa shape index (κ1) is 15.3. The van der Waals surface area contributed by atoms with Gasteiger partial charge in [-0.25, -0.2) is 13.2 Å². The molecule has 1 heterocycles. The van der Waals surface area contributed by atoms with Crippen molar-refractivity contribution in [3.05, 3.63) is 54.8 Å². The highest BCUT2D eigenvalue weighted by molar-refractivity contribution is 7.89. The number of carbonyl (C=O) groups excluding carboxylic acids is 1. The summed E-state index contributed by atoms with van der Waals surface area (Å²) in [5.74, 6) is 0. The van der Waals surface area contributed by atoms with Gasteiger partial charge in [0.25, 0.3) is 10.0 Å². The maximum absolute atomic E-state index is 12.6. The van der Waals surface area contributed by atoms with Crippen molar-refractivity contribution in [2.75, 3.05) is 0 Å². The average Bonchev–Trinajstić information content (AvgIpc) is 2.61. The minimum atomic E-state index is -4.02. The van der Waals surface area contributed by atoms with Gasteiger partial charge in [-0.2, -0.15) is 4.31 Å². The van der Waals surface area contributed by atoms with Gasteiger partial charge in [-0.1, -0.05) is 30.4 Å². The molecule has 1 saturated heterocycles. The molecule has 112 valence electrons. The van der Waals surface area contributed by atoms with Gasteiger partial charge in [0.2, 0.25) is 0 Å². The maximum Gasteiger partial charge on any atom is 0.429 e. The van der Waals surface area contributed by atoms with Crippen LogP contribution in [0.2, 0.25) is 0 Å². The molecule has 1 aromatic rings. The number of aryl methyl sites for hydroxylation is 1. The number of cyclic esters (lactones) is 1. The van der Waals surface area contributed by atoms with E-state index in [1.165, 1.54) is 12.1 Å². The summed E-state index contributed by atoms with van der Waals surface area (Å²) in [5.41, 5.74) is -0.0717. The zero-order chi connectivity index (χ0) is 15.8. The molecule has 2 rings (SSSR count). The Labute approximate surface area is 124 Å². The van der Waals surface area contributed by atoms with Gasteiger partial charge in [0.15, 0.2) is 5.60 Å². The number of ether oxygens (including phenoxy) is 1. The highest BCUT2D eigenvalue weighted by Gasteiger charge is 2.50. The molecule has 1 unspecified atom stereocenters. The summed E-state index contributed by atoms with van der Waals surface area (Å²) in [6, 6.07) is 6.24. The number of amides is 1. The second kappa shape index (κ2) is 5.04. The van der Waals surface area contributed by atoms with Crippen LogP contribution in [0.4, 0.5) is 4.79 Å². The first-order valence-corrected chi connectivity index (χ1v) is 7.81. The molecule has 1 atom stereocenters. The van der Waals surface area contributed by atoms with E-state index < -0.39 is 21.7 Å². The van der Waals surface area contributed by atoms with Gasteiger partial charge in [-0.05, 0) is 26.0 Å². The first-order valence-electron chi connectivity index (χ1n) is 6.37. The quantitative estimate of drug-likeness (QED) is 0.802. The fraction of sp³-hybridized carbons (Fsp3) is 0.267. The lowest BCUT2D eigenvalue weighted by molar-refractivity contribution is 0.0853. The van der Waals surface area contributed by atoms with Crippen LogP contribution >= 0.6 is 0 Å². The number of carbonyl (C=O) groups is 1. The van der Waals surface area contributed by atoms with E-state index in [1.54, 1.807) is 25.1 Å². The molecule has 1 aliphatic rings. The van der Waals surface area contributed by atoms with Gasteiger partial charge in [0.1, 0.15) is 0 Å². The predicted molar refractivity (Wildman–Crippen MR) is 79.0 cm³/mol. The summed E-state index contributed by atoms with van der Waals surface area (Å²) in [6.07, 6.45) is 0.905. The molecule has 0 aliphatic carbocycles. The number of nitrogens with zero attached hydrogens (tertiary/aromatic N) is 1. The Morgan fingerprint density at radius 3 is 2.43 bits per heavy atom. The lowest BCUT2D eigenvalue weighted by Gasteiger charge is -2.22. The molecule has 21 heavy (non-hydrogen) atoms. The van der Waals surface area contributed by atoms with Crippen LogP contribution in [0.15, 0.2) is 54.1 Å². The third kappa shape index (κ3) is 2.47. The summed E-state index contributed by atoms with van der Waals surface area (Å²) in [4.78, 5) is 12.0. The van der Waals surface area contributed by atoms with Crippen molar-refractivity contribution in [1.29, 1.82) is 0 Å². The number of benzene rings is 1. The van der Waals surface area contributed by atoms with E-state index in [-0.39, 0.29) is 17.0 Å². The van der Waals surface area contributed by atoms with Crippen molar-refractivity contribution in [3.8, 4) is 0 Å². The zero-order valence-electron chi connectivity index (χ0n) is 12.0. The number of rotatable bonds is 4. The van der Waals surface area contributed by atoms with Gasteiger partial charge in [0.05, 0.1) is 10.6 Å². The Morgan fingerprint density at radius 2 is 1.90 bits per heavy atom. The molecule has 1 aromatic carbocycles. The SMILES string of the molecule is C=CCC1(C)OC(=O)N(S(=O)(=O)c2ccc(C)cc2)C1=C. The fourth-order valence-electron chi connectivity index (χ4n) is 2.11. The highest BCUT2D eigenvalue weighted by Crippen LogP contribution is 2.38. The van der Waals surface area contributed by atoms with Crippen molar-refractivity contribution in [2.24, 2.45) is 0 Å². The minimum Gasteiger partial charge on any atom is -0.435 e. The highest BCUT2D eigenvalue weighted by atomic mass is 32.2. The van der Waals surface area contributed by atoms with Crippen LogP contribution in [0.3, 0.4) is 0 Å². The molecule has 0 bridgehead atoms. The Balaban J connectivity index is 2.46. The average molecular weight is 307 g/mol. The minimum absolute atomic E-state index is 0.0223. The van der Waals surface area contributed by atoms with E-state index >= 15 is 0 Å². The Morgan fingerprint density at radius 1 is 1.33 bits per heavy atom. The van der Waals surface area contributed by atoms with E-state index in [9.17, 15) is 13.2 Å². The Kier molecular flexibility index (Phi) is 3.67. The molecular weight excluding hydrogens is 290 g/mol. The molecule has 1 aliphatic heterocycles. The van der Waals surface area contributed by atoms with Crippen LogP contribution in [-0.4, -0.2) is 24.4 Å². The third-order valence-corrected chi connectivity index (χ3v) is 5.15. The number of hydrogen-bond acceptors (Lipinski definition) is 4. The van der Waals surface area contributed by atoms with Crippen molar-refractivity contribution in [3.63, 3.8) is 0 Å². The van der Waals surface area contributed by atoms with Crippen LogP contribution in [0.5, 0.6) is 0 Å². The van der Waals surface area contributed by atoms with Crippen LogP contribution in [-0.2, 0) is 14.8 Å². The monoisotopic (exact) mass is 307 g/mol.